The summed E-state index contributed by atoms with van der Waals surface area (Å²) in [5.74, 6) is -0.512. The summed E-state index contributed by atoms with van der Waals surface area (Å²) in [4.78, 5) is 28.4. The van der Waals surface area contributed by atoms with E-state index in [1.54, 1.807) is 36.4 Å². The minimum atomic E-state index is -3.71. The molecule has 1 heterocycles. The van der Waals surface area contributed by atoms with Crippen LogP contribution >= 0.6 is 23.2 Å². The number of amides is 2. The predicted octanol–water partition coefficient (Wildman–Crippen LogP) is 5.77. The summed E-state index contributed by atoms with van der Waals surface area (Å²) in [6.07, 6.45) is 1.51. The molecule has 1 atom stereocenters. The van der Waals surface area contributed by atoms with Gasteiger partial charge in [0.15, 0.2) is 0 Å². The maximum absolute atomic E-state index is 13.6. The number of carbonyl (C=O) groups is 2. The molecule has 0 spiro atoms. The molecule has 0 fully saturated rings. The number of anilines is 1. The molecule has 4 rings (SSSR count). The van der Waals surface area contributed by atoms with E-state index >= 15 is 0 Å². The van der Waals surface area contributed by atoms with E-state index in [1.807, 2.05) is 32.0 Å². The molecule has 0 bridgehead atoms. The van der Waals surface area contributed by atoms with E-state index in [0.29, 0.717) is 39.6 Å². The third-order valence-electron chi connectivity index (χ3n) is 6.76. The van der Waals surface area contributed by atoms with E-state index in [4.69, 9.17) is 23.2 Å². The lowest BCUT2D eigenvalue weighted by molar-refractivity contribution is -0.141. The summed E-state index contributed by atoms with van der Waals surface area (Å²) >= 11 is 12.8. The van der Waals surface area contributed by atoms with Crippen LogP contribution in [0.5, 0.6) is 0 Å². The van der Waals surface area contributed by atoms with Gasteiger partial charge in [0.25, 0.3) is 10.0 Å². The Bertz CT molecular complexity index is 1440. The van der Waals surface area contributed by atoms with Crippen molar-refractivity contribution in [3.63, 3.8) is 0 Å². The summed E-state index contributed by atoms with van der Waals surface area (Å²) in [7, 11) is -3.71. The summed E-state index contributed by atoms with van der Waals surface area (Å²) in [5.41, 5.74) is 1.19. The topological polar surface area (TPSA) is 86.8 Å². The van der Waals surface area contributed by atoms with Crippen LogP contribution in [0.3, 0.4) is 0 Å². The first kappa shape index (κ1) is 28.2. The van der Waals surface area contributed by atoms with Gasteiger partial charge >= 0.3 is 0 Å². The number of hydrogen-bond acceptors (Lipinski definition) is 4. The minimum absolute atomic E-state index is 0.0535. The van der Waals surface area contributed by atoms with E-state index in [2.05, 4.69) is 5.32 Å². The van der Waals surface area contributed by atoms with Gasteiger partial charge in [0.05, 0.1) is 10.6 Å². The first-order chi connectivity index (χ1) is 18.2. The number of carbonyl (C=O) groups excluding carboxylic acids is 2. The maximum atomic E-state index is 13.6. The first-order valence-corrected chi connectivity index (χ1v) is 14.9. The van der Waals surface area contributed by atoms with Gasteiger partial charge in [-0.15, -0.1) is 0 Å². The summed E-state index contributed by atoms with van der Waals surface area (Å²) < 4.78 is 27.9. The van der Waals surface area contributed by atoms with Gasteiger partial charge in [0, 0.05) is 47.1 Å². The third-order valence-corrected chi connectivity index (χ3v) is 9.32. The lowest BCUT2D eigenvalue weighted by atomic mass is 10.1. The number of hydrogen-bond donors (Lipinski definition) is 1. The minimum Gasteiger partial charge on any atom is -0.354 e. The Morgan fingerprint density at radius 3 is 2.32 bits per heavy atom. The monoisotopic (exact) mass is 575 g/mol. The van der Waals surface area contributed by atoms with Crippen molar-refractivity contribution in [3.8, 4) is 0 Å². The summed E-state index contributed by atoms with van der Waals surface area (Å²) in [6, 6.07) is 15.1. The fourth-order valence-electron chi connectivity index (χ4n) is 4.86. The Balaban J connectivity index is 1.54. The Kier molecular flexibility index (Phi) is 8.85. The number of rotatable bonds is 11. The predicted molar refractivity (Wildman–Crippen MR) is 152 cm³/mol. The third kappa shape index (κ3) is 5.48. The van der Waals surface area contributed by atoms with Gasteiger partial charge in [0.2, 0.25) is 11.8 Å². The highest BCUT2D eigenvalue weighted by Crippen LogP contribution is 2.42. The Hall–Kier alpha value is -2.81. The lowest BCUT2D eigenvalue weighted by Crippen LogP contribution is -2.49. The van der Waals surface area contributed by atoms with Crippen LogP contribution in [0.25, 0.3) is 10.8 Å². The van der Waals surface area contributed by atoms with Gasteiger partial charge in [-0.1, -0.05) is 67.4 Å². The SMILES string of the molecule is CCCNC(=O)[C@H](CC)N(Cc1c(Cl)cccc1Cl)C(=O)CCCN1c2cccc3cccc(c23)S1(=O)=O. The molecule has 2 amide bonds. The molecule has 1 aliphatic rings. The van der Waals surface area contributed by atoms with Crippen molar-refractivity contribution in [1.29, 1.82) is 0 Å². The fourth-order valence-corrected chi connectivity index (χ4v) is 7.12. The maximum Gasteiger partial charge on any atom is 0.265 e. The number of nitrogens with zero attached hydrogens (tertiary/aromatic N) is 2. The molecule has 3 aromatic carbocycles. The Labute approximate surface area is 233 Å². The molecule has 0 radical (unpaired) electrons. The van der Waals surface area contributed by atoms with E-state index in [1.165, 1.54) is 9.21 Å². The highest BCUT2D eigenvalue weighted by molar-refractivity contribution is 7.93. The second kappa shape index (κ2) is 11.9. The molecular weight excluding hydrogens is 545 g/mol. The van der Waals surface area contributed by atoms with Gasteiger partial charge < -0.3 is 10.2 Å². The van der Waals surface area contributed by atoms with Gasteiger partial charge in [-0.2, -0.15) is 0 Å². The van der Waals surface area contributed by atoms with Crippen molar-refractivity contribution in [3.05, 3.63) is 70.2 Å². The molecule has 1 N–H and O–H groups in total. The van der Waals surface area contributed by atoms with Crippen LogP contribution in [0.2, 0.25) is 10.0 Å². The summed E-state index contributed by atoms with van der Waals surface area (Å²) in [5, 5.41) is 5.26. The van der Waals surface area contributed by atoms with Crippen molar-refractivity contribution in [2.45, 2.75) is 57.0 Å². The molecule has 0 aromatic heterocycles. The molecule has 7 nitrogen and oxygen atoms in total. The van der Waals surface area contributed by atoms with Gasteiger partial charge in [-0.05, 0) is 48.9 Å². The van der Waals surface area contributed by atoms with E-state index < -0.39 is 16.1 Å². The van der Waals surface area contributed by atoms with Crippen molar-refractivity contribution in [2.75, 3.05) is 17.4 Å². The normalized spacial score (nSPS) is 14.5. The molecule has 0 saturated heterocycles. The first-order valence-electron chi connectivity index (χ1n) is 12.7. The van der Waals surface area contributed by atoms with Crippen LogP contribution in [0.15, 0.2) is 59.5 Å². The van der Waals surface area contributed by atoms with Crippen LogP contribution in [0.1, 0.15) is 45.1 Å². The van der Waals surface area contributed by atoms with Crippen LogP contribution in [0.4, 0.5) is 5.69 Å². The van der Waals surface area contributed by atoms with Crippen molar-refractivity contribution >= 4 is 61.5 Å². The quantitative estimate of drug-likeness (QED) is 0.314. The Morgan fingerprint density at radius 2 is 1.66 bits per heavy atom. The molecule has 0 saturated carbocycles. The van der Waals surface area contributed by atoms with Gasteiger partial charge in [-0.25, -0.2) is 8.42 Å². The van der Waals surface area contributed by atoms with E-state index in [9.17, 15) is 18.0 Å². The fraction of sp³-hybridized carbons (Fsp3) is 0.357. The smallest absolute Gasteiger partial charge is 0.265 e. The highest BCUT2D eigenvalue weighted by atomic mass is 35.5. The van der Waals surface area contributed by atoms with Crippen molar-refractivity contribution < 1.29 is 18.0 Å². The number of sulfonamides is 1. The molecule has 202 valence electrons. The van der Waals surface area contributed by atoms with Crippen LogP contribution in [-0.2, 0) is 26.2 Å². The molecular formula is C28H31Cl2N3O4S. The summed E-state index contributed by atoms with van der Waals surface area (Å²) in [6.45, 7) is 4.52. The van der Waals surface area contributed by atoms with Gasteiger partial charge in [-0.3, -0.25) is 13.9 Å². The zero-order valence-electron chi connectivity index (χ0n) is 21.4. The average molecular weight is 577 g/mol. The van der Waals surface area contributed by atoms with Crippen molar-refractivity contribution in [1.82, 2.24) is 10.2 Å². The zero-order valence-corrected chi connectivity index (χ0v) is 23.7. The Morgan fingerprint density at radius 1 is 1.00 bits per heavy atom. The second-order valence-corrected chi connectivity index (χ2v) is 11.9. The van der Waals surface area contributed by atoms with Crippen LogP contribution in [-0.4, -0.2) is 44.3 Å². The molecule has 38 heavy (non-hydrogen) atoms. The molecule has 3 aromatic rings. The standard InChI is InChI=1S/C28H31Cl2N3O4S/c1-3-16-31-28(35)23(4-2)32(18-20-21(29)11-7-12-22(20)30)26(34)15-8-17-33-24-13-5-9-19-10-6-14-25(27(19)24)38(33,36)37/h5-7,9-14,23H,3-4,8,15-18H2,1-2H3,(H,31,35)/t23-/m0/s1. The van der Waals surface area contributed by atoms with Crippen molar-refractivity contribution in [2.24, 2.45) is 0 Å². The van der Waals surface area contributed by atoms with Gasteiger partial charge in [0.1, 0.15) is 6.04 Å². The number of nitrogens with one attached hydrogen (secondary N) is 1. The highest BCUT2D eigenvalue weighted by Gasteiger charge is 2.35. The largest absolute Gasteiger partial charge is 0.354 e. The molecule has 1 aliphatic heterocycles. The second-order valence-electron chi connectivity index (χ2n) is 9.25. The van der Waals surface area contributed by atoms with E-state index in [-0.39, 0.29) is 42.6 Å². The van der Waals surface area contributed by atoms with Crippen LogP contribution in [0, 0.1) is 0 Å². The lowest BCUT2D eigenvalue weighted by Gasteiger charge is -2.31. The average Bonchev–Trinajstić information content (AvgIpc) is 3.12. The van der Waals surface area contributed by atoms with Crippen LogP contribution < -0.4 is 9.62 Å². The molecule has 0 unspecified atom stereocenters. The number of benzene rings is 3. The molecule has 10 heteroatoms. The van der Waals surface area contributed by atoms with E-state index in [0.717, 1.165) is 11.8 Å². The zero-order chi connectivity index (χ0) is 27.4. The number of halogens is 2. The molecule has 0 aliphatic carbocycles.